The second-order valence-electron chi connectivity index (χ2n) is 4.52. The molecular formula is C14H14BN3O3. The lowest BCUT2D eigenvalue weighted by Gasteiger charge is -2.17. The summed E-state index contributed by atoms with van der Waals surface area (Å²) in [7, 11) is -1.64. The Balaban J connectivity index is 2.24. The van der Waals surface area contributed by atoms with Gasteiger partial charge in [0.2, 0.25) is 0 Å². The van der Waals surface area contributed by atoms with Crippen molar-refractivity contribution >= 4 is 18.4 Å². The standard InChI is InChI=1S/C14H14BN3O3/c1-9(11-4-2-3-10(5-11)7-16)21-13-6-12(15(19)20)8-18-14(13)17/h2-6,8-9,19-20H,1H3,(H2,17,18)/t9-/m0/s1. The van der Waals surface area contributed by atoms with Gasteiger partial charge in [0, 0.05) is 11.7 Å². The Morgan fingerprint density at radius 2 is 2.14 bits per heavy atom. The molecule has 1 atom stereocenters. The maximum atomic E-state index is 9.14. The molecule has 4 N–H and O–H groups in total. The van der Waals surface area contributed by atoms with Crippen LogP contribution in [-0.4, -0.2) is 22.2 Å². The molecule has 106 valence electrons. The average Bonchev–Trinajstić information content (AvgIpc) is 2.49. The summed E-state index contributed by atoms with van der Waals surface area (Å²) in [5.41, 5.74) is 7.26. The molecule has 2 aromatic rings. The van der Waals surface area contributed by atoms with Crippen LogP contribution < -0.4 is 15.9 Å². The first-order valence-corrected chi connectivity index (χ1v) is 6.29. The molecule has 0 aliphatic carbocycles. The van der Waals surface area contributed by atoms with Crippen molar-refractivity contribution in [3.05, 3.63) is 47.7 Å². The van der Waals surface area contributed by atoms with Crippen LogP contribution >= 0.6 is 0 Å². The zero-order chi connectivity index (χ0) is 15.4. The molecule has 0 aliphatic heterocycles. The summed E-state index contributed by atoms with van der Waals surface area (Å²) in [5, 5.41) is 27.2. The Bertz CT molecular complexity index is 685. The fraction of sp³-hybridized carbons (Fsp3) is 0.143. The number of pyridine rings is 1. The number of nitrogens with zero attached hydrogens (tertiary/aromatic N) is 2. The number of ether oxygens (including phenoxy) is 1. The van der Waals surface area contributed by atoms with Gasteiger partial charge in [0.05, 0.1) is 11.6 Å². The lowest BCUT2D eigenvalue weighted by Crippen LogP contribution is -2.30. The summed E-state index contributed by atoms with van der Waals surface area (Å²) < 4.78 is 5.70. The molecule has 1 aromatic carbocycles. The fourth-order valence-electron chi connectivity index (χ4n) is 1.83. The van der Waals surface area contributed by atoms with E-state index in [2.05, 4.69) is 11.1 Å². The first-order valence-electron chi connectivity index (χ1n) is 6.29. The van der Waals surface area contributed by atoms with E-state index in [1.54, 1.807) is 25.1 Å². The van der Waals surface area contributed by atoms with Crippen molar-refractivity contribution in [2.24, 2.45) is 0 Å². The maximum Gasteiger partial charge on any atom is 0.490 e. The number of rotatable bonds is 4. The third-order valence-electron chi connectivity index (χ3n) is 2.99. The normalized spacial score (nSPS) is 11.5. The van der Waals surface area contributed by atoms with Crippen LogP contribution in [0.2, 0.25) is 0 Å². The number of nitrogens with two attached hydrogens (primary N) is 1. The van der Waals surface area contributed by atoms with E-state index in [9.17, 15) is 0 Å². The number of anilines is 1. The molecular weight excluding hydrogens is 269 g/mol. The second kappa shape index (κ2) is 6.26. The van der Waals surface area contributed by atoms with Crippen molar-refractivity contribution in [3.63, 3.8) is 0 Å². The SMILES string of the molecule is C[C@H](Oc1cc(B(O)O)cnc1N)c1cccc(C#N)c1. The topological polar surface area (TPSA) is 112 Å². The highest BCUT2D eigenvalue weighted by Crippen LogP contribution is 2.25. The molecule has 7 heteroatoms. The quantitative estimate of drug-likeness (QED) is 0.698. The van der Waals surface area contributed by atoms with E-state index in [0.717, 1.165) is 5.56 Å². The second-order valence-corrected chi connectivity index (χ2v) is 4.52. The van der Waals surface area contributed by atoms with Crippen LogP contribution in [0.1, 0.15) is 24.2 Å². The van der Waals surface area contributed by atoms with Gasteiger partial charge in [-0.25, -0.2) is 4.98 Å². The smallest absolute Gasteiger partial charge is 0.482 e. The van der Waals surface area contributed by atoms with E-state index in [0.29, 0.717) is 5.56 Å². The highest BCUT2D eigenvalue weighted by molar-refractivity contribution is 6.58. The molecule has 0 saturated carbocycles. The van der Waals surface area contributed by atoms with E-state index < -0.39 is 7.12 Å². The van der Waals surface area contributed by atoms with Crippen molar-refractivity contribution in [2.45, 2.75) is 13.0 Å². The van der Waals surface area contributed by atoms with Crippen LogP contribution in [-0.2, 0) is 0 Å². The van der Waals surface area contributed by atoms with E-state index >= 15 is 0 Å². The summed E-state index contributed by atoms with van der Waals surface area (Å²) in [6, 6.07) is 10.5. The van der Waals surface area contributed by atoms with Gasteiger partial charge in [0.1, 0.15) is 6.10 Å². The third-order valence-corrected chi connectivity index (χ3v) is 2.99. The van der Waals surface area contributed by atoms with Crippen LogP contribution in [0.25, 0.3) is 0 Å². The average molecular weight is 283 g/mol. The predicted molar refractivity (Wildman–Crippen MR) is 78.7 cm³/mol. The van der Waals surface area contributed by atoms with Gasteiger partial charge < -0.3 is 20.5 Å². The minimum absolute atomic E-state index is 0.155. The number of nitriles is 1. The van der Waals surface area contributed by atoms with Crippen LogP contribution in [0.15, 0.2) is 36.5 Å². The number of nitrogen functional groups attached to an aromatic ring is 1. The number of aromatic nitrogens is 1. The van der Waals surface area contributed by atoms with Gasteiger partial charge in [-0.1, -0.05) is 12.1 Å². The molecule has 21 heavy (non-hydrogen) atoms. The van der Waals surface area contributed by atoms with Crippen LogP contribution in [0.4, 0.5) is 5.82 Å². The van der Waals surface area contributed by atoms with E-state index in [1.807, 2.05) is 6.07 Å². The molecule has 0 radical (unpaired) electrons. The molecule has 1 aromatic heterocycles. The molecule has 0 bridgehead atoms. The van der Waals surface area contributed by atoms with Crippen molar-refractivity contribution in [2.75, 3.05) is 5.73 Å². The Morgan fingerprint density at radius 3 is 2.81 bits per heavy atom. The highest BCUT2D eigenvalue weighted by Gasteiger charge is 2.16. The monoisotopic (exact) mass is 283 g/mol. The Morgan fingerprint density at radius 1 is 1.38 bits per heavy atom. The summed E-state index contributed by atoms with van der Waals surface area (Å²) in [6.07, 6.45) is 0.905. The first-order chi connectivity index (χ1) is 10.0. The van der Waals surface area contributed by atoms with Gasteiger partial charge in [-0.05, 0) is 30.7 Å². The van der Waals surface area contributed by atoms with Gasteiger partial charge in [-0.15, -0.1) is 0 Å². The van der Waals surface area contributed by atoms with Crippen LogP contribution in [0.3, 0.4) is 0 Å². The highest BCUT2D eigenvalue weighted by atomic mass is 16.5. The van der Waals surface area contributed by atoms with Gasteiger partial charge in [0.15, 0.2) is 11.6 Å². The summed E-state index contributed by atoms with van der Waals surface area (Å²) in [6.45, 7) is 1.80. The van der Waals surface area contributed by atoms with Crippen LogP contribution in [0, 0.1) is 11.3 Å². The van der Waals surface area contributed by atoms with Crippen molar-refractivity contribution in [3.8, 4) is 11.8 Å². The molecule has 0 amide bonds. The number of hydrogen-bond acceptors (Lipinski definition) is 6. The van der Waals surface area contributed by atoms with Gasteiger partial charge in [-0.3, -0.25) is 0 Å². The molecule has 6 nitrogen and oxygen atoms in total. The molecule has 2 rings (SSSR count). The van der Waals surface area contributed by atoms with E-state index in [4.69, 9.17) is 25.8 Å². The number of benzene rings is 1. The minimum Gasteiger partial charge on any atom is -0.482 e. The Labute approximate surface area is 122 Å². The maximum absolute atomic E-state index is 9.14. The van der Waals surface area contributed by atoms with Crippen molar-refractivity contribution < 1.29 is 14.8 Å². The van der Waals surface area contributed by atoms with Gasteiger partial charge in [0.25, 0.3) is 0 Å². The lowest BCUT2D eigenvalue weighted by atomic mass is 9.81. The molecule has 0 spiro atoms. The first kappa shape index (κ1) is 14.8. The molecule has 0 saturated heterocycles. The fourth-order valence-corrected chi connectivity index (χ4v) is 1.83. The minimum atomic E-state index is -1.64. The van der Waals surface area contributed by atoms with Crippen LogP contribution in [0.5, 0.6) is 5.75 Å². The Kier molecular flexibility index (Phi) is 4.43. The van der Waals surface area contributed by atoms with Crippen molar-refractivity contribution in [1.29, 1.82) is 5.26 Å². The largest absolute Gasteiger partial charge is 0.490 e. The zero-order valence-corrected chi connectivity index (χ0v) is 11.4. The molecule has 0 unspecified atom stereocenters. The Hall–Kier alpha value is -2.56. The number of hydrogen-bond donors (Lipinski definition) is 3. The van der Waals surface area contributed by atoms with Crippen molar-refractivity contribution in [1.82, 2.24) is 4.98 Å². The summed E-state index contributed by atoms with van der Waals surface area (Å²) >= 11 is 0. The summed E-state index contributed by atoms with van der Waals surface area (Å²) in [4.78, 5) is 3.86. The third kappa shape index (κ3) is 3.51. The van der Waals surface area contributed by atoms with E-state index in [1.165, 1.54) is 12.3 Å². The summed E-state index contributed by atoms with van der Waals surface area (Å²) in [5.74, 6) is 0.415. The zero-order valence-electron chi connectivity index (χ0n) is 11.4. The van der Waals surface area contributed by atoms with Gasteiger partial charge in [-0.2, -0.15) is 5.26 Å². The molecule has 0 aliphatic rings. The predicted octanol–water partition coefficient (Wildman–Crippen LogP) is 0.355. The van der Waals surface area contributed by atoms with Gasteiger partial charge >= 0.3 is 7.12 Å². The molecule has 1 heterocycles. The lowest BCUT2D eigenvalue weighted by molar-refractivity contribution is 0.227. The molecule has 0 fully saturated rings. The van der Waals surface area contributed by atoms with E-state index in [-0.39, 0.29) is 23.1 Å².